The molecule has 5 nitrogen and oxygen atoms in total. The Balaban J connectivity index is 1.33. The second-order valence-electron chi connectivity index (χ2n) is 9.67. The van der Waals surface area contributed by atoms with E-state index in [1.54, 1.807) is 6.08 Å². The van der Waals surface area contributed by atoms with E-state index in [0.29, 0.717) is 4.91 Å². The number of thiocarbonyl (C=S) groups is 1. The zero-order valence-electron chi connectivity index (χ0n) is 21.8. The van der Waals surface area contributed by atoms with Gasteiger partial charge in [0.15, 0.2) is 0 Å². The molecule has 1 aliphatic rings. The third-order valence-corrected chi connectivity index (χ3v) is 8.28. The third kappa shape index (κ3) is 6.00. The molecule has 198 valence electrons. The molecule has 1 aliphatic heterocycles. The van der Waals surface area contributed by atoms with Crippen LogP contribution < -0.4 is 0 Å². The fourth-order valence-electron chi connectivity index (χ4n) is 4.93. The number of nitrogens with zero attached hydrogens (tertiary/aromatic N) is 2. The van der Waals surface area contributed by atoms with Crippen molar-refractivity contribution in [2.75, 3.05) is 6.54 Å². The summed E-state index contributed by atoms with van der Waals surface area (Å²) in [4.78, 5) is 25.1. The standard InChI is InChI=1S/C32H30N2O3S2/c1-2-3-4-7-18-33-27-9-6-5-8-25(27)26-19-23(16-17-28(26)33)13-10-22-11-14-24(15-12-22)20-29-31(37)34(21-30(35)36)32(38)39-29/h5-6,8-17,19-20H,2-4,7,18,21H2,1H3,(H,35,36)/b13-10+,29-20+. The number of thioether (sulfide) groups is 1. The van der Waals surface area contributed by atoms with Crippen LogP contribution in [0, 0.1) is 0 Å². The molecule has 0 unspecified atom stereocenters. The lowest BCUT2D eigenvalue weighted by Crippen LogP contribution is -2.33. The van der Waals surface area contributed by atoms with Crippen molar-refractivity contribution in [3.8, 4) is 0 Å². The molecule has 0 aliphatic carbocycles. The Hall–Kier alpha value is -3.68. The van der Waals surface area contributed by atoms with Crippen LogP contribution in [0.25, 0.3) is 40.0 Å². The van der Waals surface area contributed by atoms with E-state index in [9.17, 15) is 9.59 Å². The Labute approximate surface area is 237 Å². The smallest absolute Gasteiger partial charge is 0.323 e. The maximum atomic E-state index is 12.5. The molecule has 2 heterocycles. The van der Waals surface area contributed by atoms with Gasteiger partial charge in [-0.05, 0) is 47.4 Å². The minimum absolute atomic E-state index is 0.268. The second-order valence-corrected chi connectivity index (χ2v) is 11.3. The van der Waals surface area contributed by atoms with Crippen molar-refractivity contribution in [3.05, 3.63) is 88.3 Å². The van der Waals surface area contributed by atoms with Crippen molar-refractivity contribution >= 4 is 80.2 Å². The maximum absolute atomic E-state index is 12.5. The number of amides is 1. The number of benzene rings is 3. The molecule has 7 heteroatoms. The summed E-state index contributed by atoms with van der Waals surface area (Å²) < 4.78 is 2.73. The van der Waals surface area contributed by atoms with Crippen LogP contribution in [0.4, 0.5) is 0 Å². The number of hydrogen-bond acceptors (Lipinski definition) is 4. The average molecular weight is 555 g/mol. The molecule has 1 saturated heterocycles. The van der Waals surface area contributed by atoms with Crippen LogP contribution in [0.5, 0.6) is 0 Å². The molecular formula is C32H30N2O3S2. The van der Waals surface area contributed by atoms with Crippen LogP contribution in [0.3, 0.4) is 0 Å². The second kappa shape index (κ2) is 12.0. The molecule has 0 spiro atoms. The summed E-state index contributed by atoms with van der Waals surface area (Å²) >= 11 is 6.30. The first kappa shape index (κ1) is 26.9. The molecule has 39 heavy (non-hydrogen) atoms. The summed E-state index contributed by atoms with van der Waals surface area (Å²) in [5, 5.41) is 11.6. The van der Waals surface area contributed by atoms with E-state index in [1.165, 1.54) is 47.5 Å². The van der Waals surface area contributed by atoms with E-state index < -0.39 is 12.5 Å². The number of aromatic nitrogens is 1. The van der Waals surface area contributed by atoms with Crippen molar-refractivity contribution in [2.45, 2.75) is 39.2 Å². The molecule has 1 aromatic heterocycles. The number of unbranched alkanes of at least 4 members (excludes halogenated alkanes) is 3. The summed E-state index contributed by atoms with van der Waals surface area (Å²) in [5.74, 6) is -1.45. The van der Waals surface area contributed by atoms with Gasteiger partial charge in [-0.3, -0.25) is 14.5 Å². The minimum atomic E-state index is -1.09. The van der Waals surface area contributed by atoms with Crippen LogP contribution >= 0.6 is 24.0 Å². The SMILES string of the molecule is CCCCCCn1c2ccccc2c2cc(/C=C/c3ccc(/C=C4/SC(=S)N(CC(=O)O)C4=O)cc3)ccc21. The fourth-order valence-corrected chi connectivity index (χ4v) is 6.19. The highest BCUT2D eigenvalue weighted by molar-refractivity contribution is 8.26. The van der Waals surface area contributed by atoms with Crippen LogP contribution in [0.1, 0.15) is 49.3 Å². The van der Waals surface area contributed by atoms with Crippen LogP contribution in [0.2, 0.25) is 0 Å². The van der Waals surface area contributed by atoms with Gasteiger partial charge in [-0.2, -0.15) is 0 Å². The highest BCUT2D eigenvalue weighted by Gasteiger charge is 2.33. The lowest BCUT2D eigenvalue weighted by Gasteiger charge is -2.10. The Kier molecular flexibility index (Phi) is 8.29. The molecule has 1 fully saturated rings. The molecule has 0 radical (unpaired) electrons. The summed E-state index contributed by atoms with van der Waals surface area (Å²) in [6.07, 6.45) is 10.9. The largest absolute Gasteiger partial charge is 0.480 e. The van der Waals surface area contributed by atoms with Gasteiger partial charge in [0, 0.05) is 28.4 Å². The first-order chi connectivity index (χ1) is 18.9. The van der Waals surface area contributed by atoms with Crippen LogP contribution in [-0.2, 0) is 16.1 Å². The quantitative estimate of drug-likeness (QED) is 0.0937. The number of carboxylic acid groups (broad SMARTS) is 1. The Morgan fingerprint density at radius 2 is 1.59 bits per heavy atom. The molecule has 0 atom stereocenters. The number of hydrogen-bond donors (Lipinski definition) is 1. The van der Waals surface area contributed by atoms with Gasteiger partial charge >= 0.3 is 5.97 Å². The molecule has 3 aromatic carbocycles. The Morgan fingerprint density at radius 3 is 2.36 bits per heavy atom. The number of carboxylic acids is 1. The predicted molar refractivity (Wildman–Crippen MR) is 166 cm³/mol. The van der Waals surface area contributed by atoms with E-state index in [1.807, 2.05) is 24.3 Å². The molecule has 0 bridgehead atoms. The van der Waals surface area contributed by atoms with Crippen LogP contribution in [-0.4, -0.2) is 37.3 Å². The fraction of sp³-hybridized carbons (Fsp3) is 0.219. The number of aryl methyl sites for hydroxylation is 1. The van der Waals surface area contributed by atoms with E-state index in [-0.39, 0.29) is 10.2 Å². The Morgan fingerprint density at radius 1 is 0.897 bits per heavy atom. The number of carbonyl (C=O) groups is 2. The van der Waals surface area contributed by atoms with E-state index in [4.69, 9.17) is 17.3 Å². The average Bonchev–Trinajstić information content (AvgIpc) is 3.39. The van der Waals surface area contributed by atoms with Gasteiger partial charge in [0.05, 0.1) is 4.91 Å². The van der Waals surface area contributed by atoms with Gasteiger partial charge < -0.3 is 9.67 Å². The van der Waals surface area contributed by atoms with E-state index in [2.05, 4.69) is 66.1 Å². The summed E-state index contributed by atoms with van der Waals surface area (Å²) in [6.45, 7) is 2.86. The van der Waals surface area contributed by atoms with Crippen molar-refractivity contribution in [1.29, 1.82) is 0 Å². The van der Waals surface area contributed by atoms with Gasteiger partial charge in [-0.25, -0.2) is 0 Å². The van der Waals surface area contributed by atoms with Crippen LogP contribution in [0.15, 0.2) is 71.6 Å². The van der Waals surface area contributed by atoms with Crippen molar-refractivity contribution in [2.24, 2.45) is 0 Å². The molecule has 0 saturated carbocycles. The number of para-hydroxylation sites is 1. The first-order valence-corrected chi connectivity index (χ1v) is 14.4. The number of aliphatic carboxylic acids is 1. The highest BCUT2D eigenvalue weighted by Crippen LogP contribution is 2.33. The maximum Gasteiger partial charge on any atom is 0.323 e. The number of carbonyl (C=O) groups excluding carboxylic acids is 1. The van der Waals surface area contributed by atoms with E-state index >= 15 is 0 Å². The first-order valence-electron chi connectivity index (χ1n) is 13.2. The van der Waals surface area contributed by atoms with Gasteiger partial charge in [-0.1, -0.05) is 111 Å². The minimum Gasteiger partial charge on any atom is -0.480 e. The lowest BCUT2D eigenvalue weighted by atomic mass is 10.1. The summed E-state index contributed by atoms with van der Waals surface area (Å²) in [7, 11) is 0. The summed E-state index contributed by atoms with van der Waals surface area (Å²) in [5.41, 5.74) is 5.62. The third-order valence-electron chi connectivity index (χ3n) is 6.90. The van der Waals surface area contributed by atoms with Gasteiger partial charge in [-0.15, -0.1) is 0 Å². The van der Waals surface area contributed by atoms with Gasteiger partial charge in [0.1, 0.15) is 10.9 Å². The number of fused-ring (bicyclic) bond motifs is 3. The molecule has 1 amide bonds. The van der Waals surface area contributed by atoms with Crippen molar-refractivity contribution in [3.63, 3.8) is 0 Å². The zero-order valence-corrected chi connectivity index (χ0v) is 23.4. The highest BCUT2D eigenvalue weighted by atomic mass is 32.2. The summed E-state index contributed by atoms with van der Waals surface area (Å²) in [6, 6.07) is 23.2. The Bertz CT molecular complexity index is 1620. The van der Waals surface area contributed by atoms with Crippen molar-refractivity contribution in [1.82, 2.24) is 9.47 Å². The molecule has 5 rings (SSSR count). The topological polar surface area (TPSA) is 62.5 Å². The monoisotopic (exact) mass is 554 g/mol. The molecular weight excluding hydrogens is 524 g/mol. The zero-order chi connectivity index (χ0) is 27.4. The number of rotatable bonds is 10. The van der Waals surface area contributed by atoms with Gasteiger partial charge in [0.2, 0.25) is 0 Å². The normalized spacial score (nSPS) is 15.0. The predicted octanol–water partition coefficient (Wildman–Crippen LogP) is 7.83. The van der Waals surface area contributed by atoms with Crippen molar-refractivity contribution < 1.29 is 14.7 Å². The molecule has 1 N–H and O–H groups in total. The lowest BCUT2D eigenvalue weighted by molar-refractivity contribution is -0.140. The van der Waals surface area contributed by atoms with Gasteiger partial charge in [0.25, 0.3) is 5.91 Å². The molecule has 4 aromatic rings. The van der Waals surface area contributed by atoms with E-state index in [0.717, 1.165) is 39.9 Å².